The molecule has 0 amide bonds. The summed E-state index contributed by atoms with van der Waals surface area (Å²) in [5, 5.41) is 3.38. The Labute approximate surface area is 301 Å². The molecule has 0 fully saturated rings. The van der Waals surface area contributed by atoms with Crippen LogP contribution in [0.25, 0.3) is 0 Å². The van der Waals surface area contributed by atoms with E-state index in [1.54, 1.807) is 23.5 Å². The molecule has 0 radical (unpaired) electrons. The Hall–Kier alpha value is -2.22. The summed E-state index contributed by atoms with van der Waals surface area (Å²) in [6.07, 6.45) is 20.9. The normalized spacial score (nSPS) is 13.4. The Morgan fingerprint density at radius 1 is 0.837 bits per heavy atom. The van der Waals surface area contributed by atoms with E-state index in [9.17, 15) is 9.46 Å². The van der Waals surface area contributed by atoms with E-state index in [0.717, 1.165) is 30.6 Å². The van der Waals surface area contributed by atoms with Crippen molar-refractivity contribution in [1.29, 1.82) is 0 Å². The SMILES string of the molecule is CCCCCCCCCCCCCCCc1ccccc1OCC(COP(=O)(O)Oc1cccc(C[n+]2ccsc2CC(C)C)c1)OCC. The first-order valence-electron chi connectivity index (χ1n) is 18.8. The van der Waals surface area contributed by atoms with Gasteiger partial charge in [-0.05, 0) is 49.4 Å². The van der Waals surface area contributed by atoms with Gasteiger partial charge in [-0.25, -0.2) is 4.57 Å². The van der Waals surface area contributed by atoms with Crippen molar-refractivity contribution in [3.8, 4) is 11.5 Å². The number of hydrogen-bond acceptors (Lipinski definition) is 6. The van der Waals surface area contributed by atoms with Gasteiger partial charge in [-0.15, -0.1) is 0 Å². The average molecular weight is 717 g/mol. The maximum atomic E-state index is 12.9. The van der Waals surface area contributed by atoms with E-state index in [-0.39, 0.29) is 19.0 Å². The predicted octanol–water partition coefficient (Wildman–Crippen LogP) is 10.9. The lowest BCUT2D eigenvalue weighted by molar-refractivity contribution is -0.690. The van der Waals surface area contributed by atoms with Crippen molar-refractivity contribution in [1.82, 2.24) is 0 Å². The Bertz CT molecular complexity index is 1350. The van der Waals surface area contributed by atoms with Crippen LogP contribution < -0.4 is 13.8 Å². The van der Waals surface area contributed by atoms with Gasteiger partial charge in [0, 0.05) is 18.6 Å². The summed E-state index contributed by atoms with van der Waals surface area (Å²) >= 11 is 1.74. The Morgan fingerprint density at radius 2 is 1.51 bits per heavy atom. The smallest absolute Gasteiger partial charge is 0.491 e. The summed E-state index contributed by atoms with van der Waals surface area (Å²) in [7, 11) is -4.39. The number of ether oxygens (including phenoxy) is 2. The molecular formula is C40H63NO6PS+. The third-order valence-electron chi connectivity index (χ3n) is 8.59. The number of phosphoric ester groups is 1. The van der Waals surface area contributed by atoms with Crippen molar-refractivity contribution < 1.29 is 32.5 Å². The minimum Gasteiger partial charge on any atom is -0.491 e. The third-order valence-corrected chi connectivity index (χ3v) is 10.4. The number of thiazole rings is 1. The van der Waals surface area contributed by atoms with Crippen molar-refractivity contribution in [3.63, 3.8) is 0 Å². The Kier molecular flexibility index (Phi) is 20.2. The van der Waals surface area contributed by atoms with Gasteiger partial charge in [0.2, 0.25) is 5.01 Å². The zero-order chi connectivity index (χ0) is 35.2. The largest absolute Gasteiger partial charge is 0.527 e. The Balaban J connectivity index is 1.39. The van der Waals surface area contributed by atoms with E-state index in [0.29, 0.717) is 19.1 Å². The molecule has 0 aliphatic heterocycles. The molecule has 0 aliphatic carbocycles. The molecule has 0 spiro atoms. The molecule has 3 rings (SSSR count). The van der Waals surface area contributed by atoms with Crippen LogP contribution in [0.5, 0.6) is 11.5 Å². The number of benzene rings is 2. The second-order valence-electron chi connectivity index (χ2n) is 13.5. The van der Waals surface area contributed by atoms with Gasteiger partial charge < -0.3 is 14.0 Å². The lowest BCUT2D eigenvalue weighted by Crippen LogP contribution is -2.36. The van der Waals surface area contributed by atoms with Gasteiger partial charge in [0.05, 0.1) is 12.0 Å². The molecule has 3 aromatic rings. The van der Waals surface area contributed by atoms with Gasteiger partial charge in [0.25, 0.3) is 0 Å². The Morgan fingerprint density at radius 3 is 2.18 bits per heavy atom. The molecule has 1 heterocycles. The molecule has 1 aromatic heterocycles. The lowest BCUT2D eigenvalue weighted by Gasteiger charge is -2.21. The minimum atomic E-state index is -4.39. The average Bonchev–Trinajstić information content (AvgIpc) is 3.50. The number of rotatable bonds is 28. The molecule has 2 atom stereocenters. The zero-order valence-electron chi connectivity index (χ0n) is 30.7. The van der Waals surface area contributed by atoms with E-state index in [2.05, 4.69) is 43.0 Å². The number of nitrogens with zero attached hydrogens (tertiary/aromatic N) is 1. The van der Waals surface area contributed by atoms with Crippen molar-refractivity contribution >= 4 is 19.2 Å². The van der Waals surface area contributed by atoms with E-state index in [4.69, 9.17) is 18.5 Å². The van der Waals surface area contributed by atoms with Crippen LogP contribution in [0.15, 0.2) is 60.1 Å². The van der Waals surface area contributed by atoms with Gasteiger partial charge in [0.15, 0.2) is 12.7 Å². The number of para-hydroxylation sites is 1. The van der Waals surface area contributed by atoms with Crippen LogP contribution in [0.1, 0.15) is 127 Å². The molecule has 2 aromatic carbocycles. The summed E-state index contributed by atoms with van der Waals surface area (Å²) in [5.74, 6) is 1.67. The van der Waals surface area contributed by atoms with Crippen LogP contribution in [0, 0.1) is 5.92 Å². The lowest BCUT2D eigenvalue weighted by atomic mass is 10.0. The van der Waals surface area contributed by atoms with Crippen LogP contribution in [-0.2, 0) is 33.2 Å². The molecule has 9 heteroatoms. The fourth-order valence-electron chi connectivity index (χ4n) is 5.97. The molecule has 49 heavy (non-hydrogen) atoms. The van der Waals surface area contributed by atoms with Crippen molar-refractivity contribution in [2.75, 3.05) is 19.8 Å². The van der Waals surface area contributed by atoms with Gasteiger partial charge in [-0.1, -0.05) is 139 Å². The van der Waals surface area contributed by atoms with Crippen LogP contribution in [-0.4, -0.2) is 30.8 Å². The number of aryl methyl sites for hydroxylation is 1. The topological polar surface area (TPSA) is 78.1 Å². The molecule has 1 N–H and O–H groups in total. The molecule has 0 bridgehead atoms. The van der Waals surface area contributed by atoms with E-state index >= 15 is 0 Å². The highest BCUT2D eigenvalue weighted by atomic mass is 32.1. The fraction of sp³-hybridized carbons (Fsp3) is 0.625. The fourth-order valence-corrected chi connectivity index (χ4v) is 7.81. The highest BCUT2D eigenvalue weighted by Gasteiger charge is 2.26. The van der Waals surface area contributed by atoms with E-state index < -0.39 is 13.9 Å². The number of aromatic nitrogens is 1. The first-order valence-corrected chi connectivity index (χ1v) is 21.2. The number of hydrogen-bond donors (Lipinski definition) is 1. The first kappa shape index (κ1) is 41.2. The van der Waals surface area contributed by atoms with Crippen LogP contribution in [0.3, 0.4) is 0 Å². The van der Waals surface area contributed by atoms with E-state index in [1.807, 2.05) is 37.3 Å². The van der Waals surface area contributed by atoms with Crippen molar-refractivity contribution in [2.24, 2.45) is 5.92 Å². The van der Waals surface area contributed by atoms with Gasteiger partial charge in [-0.2, -0.15) is 4.57 Å². The van der Waals surface area contributed by atoms with Crippen LogP contribution >= 0.6 is 19.2 Å². The van der Waals surface area contributed by atoms with Crippen molar-refractivity contribution in [2.45, 2.75) is 137 Å². The predicted molar refractivity (Wildman–Crippen MR) is 202 cm³/mol. The maximum absolute atomic E-state index is 12.9. The second-order valence-corrected chi connectivity index (χ2v) is 15.9. The summed E-state index contributed by atoms with van der Waals surface area (Å²) in [6, 6.07) is 15.4. The third kappa shape index (κ3) is 17.5. The molecule has 274 valence electrons. The summed E-state index contributed by atoms with van der Waals surface area (Å²) < 4.78 is 38.0. The molecule has 0 saturated heterocycles. The number of phosphoric acid groups is 1. The van der Waals surface area contributed by atoms with Gasteiger partial charge in [0.1, 0.15) is 24.2 Å². The monoisotopic (exact) mass is 716 g/mol. The number of unbranched alkanes of at least 4 members (excludes halogenated alkanes) is 12. The molecule has 0 saturated carbocycles. The highest BCUT2D eigenvalue weighted by molar-refractivity contribution is 7.47. The van der Waals surface area contributed by atoms with Crippen molar-refractivity contribution in [3.05, 3.63) is 76.2 Å². The maximum Gasteiger partial charge on any atom is 0.527 e. The minimum absolute atomic E-state index is 0.133. The first-order chi connectivity index (χ1) is 23.8. The molecule has 7 nitrogen and oxygen atoms in total. The zero-order valence-corrected chi connectivity index (χ0v) is 32.4. The summed E-state index contributed by atoms with van der Waals surface area (Å²) in [6.45, 7) is 9.73. The van der Waals surface area contributed by atoms with Crippen LogP contribution in [0.4, 0.5) is 0 Å². The molecule has 2 unspecified atom stereocenters. The summed E-state index contributed by atoms with van der Waals surface area (Å²) in [5.41, 5.74) is 2.15. The standard InChI is InChI=1S/C40H62NO6PS/c1-5-7-8-9-10-11-12-13-14-15-16-17-18-23-36-24-19-20-26-39(36)45-32-38(44-6-2)33-46-48(42,43)47-37-25-21-22-35(30-37)31-41-27-28-49-40(41)29-34(3)4/h19-22,24-28,30,34,38H,5-18,23,29,31-33H2,1-4H3/p+1. The summed E-state index contributed by atoms with van der Waals surface area (Å²) in [4.78, 5) is 10.6. The molecule has 0 aliphatic rings. The quantitative estimate of drug-likeness (QED) is 0.0458. The van der Waals surface area contributed by atoms with Crippen LogP contribution in [0.2, 0.25) is 0 Å². The second kappa shape index (κ2) is 24.1. The molecular weight excluding hydrogens is 653 g/mol. The van der Waals surface area contributed by atoms with Gasteiger partial charge >= 0.3 is 7.82 Å². The van der Waals surface area contributed by atoms with Gasteiger partial charge in [-0.3, -0.25) is 9.42 Å². The van der Waals surface area contributed by atoms with E-state index in [1.165, 1.54) is 87.6 Å². The highest BCUT2D eigenvalue weighted by Crippen LogP contribution is 2.44.